The largest absolute Gasteiger partial charge is 0.497 e. The molecule has 0 fully saturated rings. The fourth-order valence-corrected chi connectivity index (χ4v) is 2.87. The molecule has 6 nitrogen and oxygen atoms in total. The monoisotopic (exact) mass is 394 g/mol. The Morgan fingerprint density at radius 1 is 1.19 bits per heavy atom. The van der Waals surface area contributed by atoms with Crippen LogP contribution in [0.25, 0.3) is 10.6 Å². The van der Waals surface area contributed by atoms with E-state index in [4.69, 9.17) is 10.5 Å². The van der Waals surface area contributed by atoms with Gasteiger partial charge >= 0.3 is 12.1 Å². The topological polar surface area (TPSA) is 87.0 Å². The molecule has 140 valence electrons. The predicted molar refractivity (Wildman–Crippen MR) is 96.8 cm³/mol. The normalized spacial score (nSPS) is 12.1. The number of benzene rings is 1. The fourth-order valence-electron chi connectivity index (χ4n) is 2.18. The molecule has 0 spiro atoms. The Bertz CT molecular complexity index is 940. The van der Waals surface area contributed by atoms with Gasteiger partial charge in [0, 0.05) is 6.07 Å². The number of halogens is 3. The molecule has 2 aromatic heterocycles. The van der Waals surface area contributed by atoms with Crippen molar-refractivity contribution in [3.8, 4) is 16.3 Å². The molecular formula is C17H15F3N5OS+. The van der Waals surface area contributed by atoms with Crippen LogP contribution in [0, 0.1) is 0 Å². The highest BCUT2D eigenvalue weighted by atomic mass is 32.1. The van der Waals surface area contributed by atoms with Gasteiger partial charge in [0.05, 0.1) is 17.7 Å². The van der Waals surface area contributed by atoms with Crippen LogP contribution >= 0.6 is 11.3 Å². The van der Waals surface area contributed by atoms with Crippen LogP contribution in [0.4, 0.5) is 24.8 Å². The summed E-state index contributed by atoms with van der Waals surface area (Å²) in [6.07, 6.45) is -4.61. The number of nitrogens with zero attached hydrogens (tertiary/aromatic N) is 2. The number of aromatic nitrogens is 2. The minimum atomic E-state index is -4.61. The molecule has 0 amide bonds. The molecule has 1 aromatic carbocycles. The van der Waals surface area contributed by atoms with Crippen LogP contribution in [0.1, 0.15) is 5.69 Å². The number of hydrogen-bond donors (Lipinski definition) is 3. The molecule has 0 aliphatic rings. The van der Waals surface area contributed by atoms with Gasteiger partial charge < -0.3 is 10.5 Å². The van der Waals surface area contributed by atoms with Crippen LogP contribution in [0.5, 0.6) is 5.75 Å². The second-order valence-electron chi connectivity index (χ2n) is 5.33. The van der Waals surface area contributed by atoms with E-state index in [1.165, 1.54) is 11.3 Å². The second kappa shape index (κ2) is 7.62. The summed E-state index contributed by atoms with van der Waals surface area (Å²) in [4.78, 5) is 10.8. The molecule has 0 aliphatic heterocycles. The number of nitrogens with one attached hydrogen (secondary N) is 2. The average molecular weight is 394 g/mol. The summed E-state index contributed by atoms with van der Waals surface area (Å²) < 4.78 is 44.6. The molecule has 0 saturated heterocycles. The predicted octanol–water partition coefficient (Wildman–Crippen LogP) is 2.37. The lowest BCUT2D eigenvalue weighted by molar-refractivity contribution is -0.365. The molecule has 0 saturated carbocycles. The molecule has 3 rings (SSSR count). The Morgan fingerprint density at radius 2 is 1.93 bits per heavy atom. The number of thiophene rings is 1. The van der Waals surface area contributed by atoms with Gasteiger partial charge in [-0.2, -0.15) is 13.2 Å². The van der Waals surface area contributed by atoms with Gasteiger partial charge in [-0.3, -0.25) is 5.32 Å². The Balaban J connectivity index is 1.91. The minimum Gasteiger partial charge on any atom is -0.497 e. The highest BCUT2D eigenvalue weighted by molar-refractivity contribution is 7.13. The van der Waals surface area contributed by atoms with E-state index in [0.717, 1.165) is 6.07 Å². The highest BCUT2D eigenvalue weighted by Crippen LogP contribution is 2.31. The van der Waals surface area contributed by atoms with Crippen molar-refractivity contribution < 1.29 is 22.9 Å². The van der Waals surface area contributed by atoms with Crippen molar-refractivity contribution in [3.63, 3.8) is 0 Å². The first-order valence-electron chi connectivity index (χ1n) is 7.66. The molecule has 3 aromatic rings. The number of anilines is 1. The van der Waals surface area contributed by atoms with Crippen molar-refractivity contribution in [2.24, 2.45) is 5.73 Å². The number of alkyl halides is 3. The summed E-state index contributed by atoms with van der Waals surface area (Å²) in [6, 6.07) is 11.2. The van der Waals surface area contributed by atoms with Gasteiger partial charge in [0.1, 0.15) is 11.4 Å². The van der Waals surface area contributed by atoms with Gasteiger partial charge in [-0.05, 0) is 35.7 Å². The third kappa shape index (κ3) is 4.73. The molecule has 0 atom stereocenters. The Morgan fingerprint density at radius 3 is 2.52 bits per heavy atom. The summed E-state index contributed by atoms with van der Waals surface area (Å²) in [5, 5.41) is 4.58. The molecule has 0 unspecified atom stereocenters. The van der Waals surface area contributed by atoms with Gasteiger partial charge in [0.2, 0.25) is 0 Å². The molecule has 0 radical (unpaired) electrons. The maximum absolute atomic E-state index is 13.2. The van der Waals surface area contributed by atoms with Crippen LogP contribution in [-0.4, -0.2) is 23.0 Å². The van der Waals surface area contributed by atoms with Crippen LogP contribution in [0.2, 0.25) is 0 Å². The van der Waals surface area contributed by atoms with Gasteiger partial charge in [0.15, 0.2) is 5.69 Å². The van der Waals surface area contributed by atoms with Crippen molar-refractivity contribution in [2.75, 3.05) is 12.4 Å². The fraction of sp³-hybridized carbons (Fsp3) is 0.118. The lowest BCUT2D eigenvalue weighted by Gasteiger charge is -2.06. The molecule has 2 heterocycles. The van der Waals surface area contributed by atoms with Crippen molar-refractivity contribution in [1.29, 1.82) is 0 Å². The zero-order valence-corrected chi connectivity index (χ0v) is 14.9. The molecule has 27 heavy (non-hydrogen) atoms. The summed E-state index contributed by atoms with van der Waals surface area (Å²) in [6.45, 7) is 0. The smallest absolute Gasteiger partial charge is 0.443 e. The first-order chi connectivity index (χ1) is 12.8. The van der Waals surface area contributed by atoms with Crippen molar-refractivity contribution >= 4 is 28.9 Å². The number of guanidine groups is 1. The third-order valence-electron chi connectivity index (χ3n) is 3.41. The second-order valence-corrected chi connectivity index (χ2v) is 6.28. The molecule has 0 bridgehead atoms. The number of hydrogen-bond acceptors (Lipinski definition) is 4. The van der Waals surface area contributed by atoms with E-state index in [-0.39, 0.29) is 17.6 Å². The van der Waals surface area contributed by atoms with Crippen molar-refractivity contribution in [1.82, 2.24) is 9.97 Å². The zero-order chi connectivity index (χ0) is 19.4. The first kappa shape index (κ1) is 18.6. The van der Waals surface area contributed by atoms with Crippen molar-refractivity contribution in [3.05, 3.63) is 53.5 Å². The maximum atomic E-state index is 13.2. The minimum absolute atomic E-state index is 0.0170. The van der Waals surface area contributed by atoms with E-state index < -0.39 is 11.9 Å². The maximum Gasteiger partial charge on any atom is 0.443 e. The molecule has 0 aliphatic carbocycles. The molecule has 4 N–H and O–H groups in total. The molecular weight excluding hydrogens is 379 g/mol. The first-order valence-corrected chi connectivity index (χ1v) is 8.54. The van der Waals surface area contributed by atoms with Crippen molar-refractivity contribution in [2.45, 2.75) is 6.18 Å². The Hall–Kier alpha value is -3.14. The third-order valence-corrected chi connectivity index (χ3v) is 4.30. The zero-order valence-electron chi connectivity index (χ0n) is 14.0. The SMILES string of the molecule is COc1ccc(NC(N)=[NH+]c2nc(-c3cccs3)cc(C(F)(F)F)n2)cc1. The summed E-state index contributed by atoms with van der Waals surface area (Å²) in [5.74, 6) is 0.386. The number of methoxy groups -OCH3 is 1. The summed E-state index contributed by atoms with van der Waals surface area (Å²) in [5.41, 5.74) is 5.56. The van der Waals surface area contributed by atoms with Gasteiger partial charge in [-0.25, -0.2) is 4.99 Å². The average Bonchev–Trinajstić information content (AvgIpc) is 3.16. The number of ether oxygens (including phenoxy) is 1. The Labute approximate surface area is 156 Å². The lowest BCUT2D eigenvalue weighted by Crippen LogP contribution is -2.72. The van der Waals surface area contributed by atoms with E-state index in [9.17, 15) is 13.2 Å². The highest BCUT2D eigenvalue weighted by Gasteiger charge is 2.36. The van der Waals surface area contributed by atoms with Crippen LogP contribution in [-0.2, 0) is 6.18 Å². The van der Waals surface area contributed by atoms with E-state index in [0.29, 0.717) is 16.3 Å². The van der Waals surface area contributed by atoms with E-state index in [2.05, 4.69) is 20.3 Å². The van der Waals surface area contributed by atoms with E-state index in [1.54, 1.807) is 48.9 Å². The lowest BCUT2D eigenvalue weighted by atomic mass is 10.3. The quantitative estimate of drug-likeness (QED) is 0.467. The summed E-state index contributed by atoms with van der Waals surface area (Å²) in [7, 11) is 1.54. The molecule has 10 heteroatoms. The number of rotatable bonds is 4. The van der Waals surface area contributed by atoms with Gasteiger partial charge in [-0.15, -0.1) is 21.3 Å². The van der Waals surface area contributed by atoms with Gasteiger partial charge in [-0.1, -0.05) is 6.07 Å². The van der Waals surface area contributed by atoms with Crippen LogP contribution in [0.15, 0.2) is 47.8 Å². The Kier molecular flexibility index (Phi) is 5.26. The number of nitrogens with two attached hydrogens (primary N) is 1. The van der Waals surface area contributed by atoms with Crippen LogP contribution in [0.3, 0.4) is 0 Å². The summed E-state index contributed by atoms with van der Waals surface area (Å²) >= 11 is 1.28. The van der Waals surface area contributed by atoms with E-state index in [1.807, 2.05) is 0 Å². The van der Waals surface area contributed by atoms with Gasteiger partial charge in [0.25, 0.3) is 5.96 Å². The standard InChI is InChI=1S/C17H14F3N5OS/c1-26-11-6-4-10(5-7-11)22-15(21)25-16-23-12(13-3-2-8-27-13)9-14(24-16)17(18,19)20/h2-9H,1H3,(H3,21,22,23,24,25)/p+1. The van der Waals surface area contributed by atoms with Crippen LogP contribution < -0.4 is 20.8 Å². The van der Waals surface area contributed by atoms with E-state index >= 15 is 0 Å².